The van der Waals surface area contributed by atoms with Gasteiger partial charge in [-0.15, -0.1) is 0 Å². The zero-order valence-corrected chi connectivity index (χ0v) is 38.2. The second kappa shape index (κ2) is 18.7. The molecule has 356 valence electrons. The van der Waals surface area contributed by atoms with Crippen LogP contribution in [0.5, 0.6) is 0 Å². The number of fused-ring (bicyclic) bond motifs is 5. The van der Waals surface area contributed by atoms with Crippen LogP contribution in [0.2, 0.25) is 0 Å². The van der Waals surface area contributed by atoms with Crippen molar-refractivity contribution in [2.24, 2.45) is 16.7 Å². The van der Waals surface area contributed by atoms with Crippen molar-refractivity contribution in [3.05, 3.63) is 119 Å². The molecule has 1 heterocycles. The van der Waals surface area contributed by atoms with Gasteiger partial charge in [0.2, 0.25) is 6.10 Å². The highest BCUT2D eigenvalue weighted by molar-refractivity contribution is 5.96. The van der Waals surface area contributed by atoms with Crippen molar-refractivity contribution in [1.29, 1.82) is 0 Å². The third-order valence-corrected chi connectivity index (χ3v) is 13.9. The van der Waals surface area contributed by atoms with Crippen molar-refractivity contribution in [1.82, 2.24) is 5.32 Å². The normalized spacial score (nSPS) is 30.2. The van der Waals surface area contributed by atoms with Crippen LogP contribution in [0.15, 0.2) is 102 Å². The van der Waals surface area contributed by atoms with E-state index in [1.165, 1.54) is 32.9 Å². The topological polar surface area (TPSA) is 237 Å². The van der Waals surface area contributed by atoms with E-state index in [2.05, 4.69) is 5.32 Å². The van der Waals surface area contributed by atoms with Crippen LogP contribution in [-0.2, 0) is 52.3 Å². The molecule has 1 amide bonds. The summed E-state index contributed by atoms with van der Waals surface area (Å²) in [6, 6.07) is 22.6. The van der Waals surface area contributed by atoms with Crippen molar-refractivity contribution in [3.8, 4) is 0 Å². The molecule has 1 saturated heterocycles. The average Bonchev–Trinajstić information content (AvgIpc) is 3.29. The Morgan fingerprint density at radius 3 is 1.99 bits per heavy atom. The molecule has 11 atom stereocenters. The highest BCUT2D eigenvalue weighted by atomic mass is 16.7. The van der Waals surface area contributed by atoms with E-state index in [0.29, 0.717) is 5.56 Å². The molecule has 0 spiro atoms. The lowest BCUT2D eigenvalue weighted by Gasteiger charge is -2.67. The Kier molecular flexibility index (Phi) is 13.5. The maximum absolute atomic E-state index is 15.6. The predicted molar refractivity (Wildman–Crippen MR) is 234 cm³/mol. The molecule has 17 nitrogen and oxygen atoms in total. The Balaban J connectivity index is 1.42. The number of aliphatic hydroxyl groups excluding tert-OH is 1. The van der Waals surface area contributed by atoms with Crippen LogP contribution in [0.1, 0.15) is 93.6 Å². The second-order valence-corrected chi connectivity index (χ2v) is 18.1. The first kappa shape index (κ1) is 48.5. The lowest BCUT2D eigenvalue weighted by molar-refractivity contribution is -0.346. The average molecular weight is 926 g/mol. The lowest BCUT2D eigenvalue weighted by Crippen LogP contribution is -2.82. The van der Waals surface area contributed by atoms with Gasteiger partial charge < -0.3 is 48.7 Å². The van der Waals surface area contributed by atoms with Gasteiger partial charge in [0.05, 0.1) is 36.2 Å². The molecular formula is C50H55NO16. The Hall–Kier alpha value is -6.43. The van der Waals surface area contributed by atoms with E-state index in [1.54, 1.807) is 92.7 Å². The van der Waals surface area contributed by atoms with Crippen LogP contribution in [0.4, 0.5) is 4.79 Å². The van der Waals surface area contributed by atoms with E-state index in [9.17, 15) is 39.0 Å². The molecule has 3 aromatic rings. The van der Waals surface area contributed by atoms with E-state index < -0.39 is 119 Å². The molecule has 4 aliphatic rings. The molecule has 3 aliphatic carbocycles. The first-order valence-electron chi connectivity index (χ1n) is 22.1. The van der Waals surface area contributed by atoms with Gasteiger partial charge in [-0.3, -0.25) is 19.2 Å². The van der Waals surface area contributed by atoms with Crippen molar-refractivity contribution in [2.45, 2.75) is 115 Å². The number of hydrogen-bond donors (Lipinski definition) is 3. The Morgan fingerprint density at radius 1 is 0.836 bits per heavy atom. The Labute approximate surface area is 387 Å². The van der Waals surface area contributed by atoms with Crippen molar-refractivity contribution in [2.75, 3.05) is 13.2 Å². The highest BCUT2D eigenvalue weighted by Gasteiger charge is 2.78. The number of benzene rings is 3. The van der Waals surface area contributed by atoms with Crippen LogP contribution < -0.4 is 5.32 Å². The number of Topliss-reactive ketones (excluding diaryl/α,β-unsaturated/α-hetero) is 1. The maximum atomic E-state index is 15.6. The summed E-state index contributed by atoms with van der Waals surface area (Å²) in [5.41, 5.74) is -7.41. The van der Waals surface area contributed by atoms with Gasteiger partial charge in [-0.05, 0) is 61.7 Å². The van der Waals surface area contributed by atoms with E-state index >= 15 is 4.79 Å². The molecule has 3 N–H and O–H groups in total. The molecule has 2 saturated carbocycles. The summed E-state index contributed by atoms with van der Waals surface area (Å²) in [5, 5.41) is 28.8. The van der Waals surface area contributed by atoms with E-state index in [1.807, 2.05) is 0 Å². The SMILES string of the molecule is CCOC(=O)OC(C(=O)OC1C[C@@]2(O)C(OC(=O)c3ccccc3)C3C4(OC(C)=O)COC4C[C@H](O)[C@@]3(C)C(=O)[C@H](OC(C)=O)C(=C1C)C2(C)C)C(NC(=O)c1ccccc1)c1ccccc1. The summed E-state index contributed by atoms with van der Waals surface area (Å²) in [6.07, 6.45) is -12.0. The van der Waals surface area contributed by atoms with Crippen molar-refractivity contribution < 1.29 is 76.9 Å². The van der Waals surface area contributed by atoms with Gasteiger partial charge in [0.25, 0.3) is 5.91 Å². The molecule has 7 rings (SSSR count). The van der Waals surface area contributed by atoms with Gasteiger partial charge in [-0.25, -0.2) is 14.4 Å². The van der Waals surface area contributed by atoms with Gasteiger partial charge >= 0.3 is 30.0 Å². The summed E-state index contributed by atoms with van der Waals surface area (Å²) < 4.78 is 41.4. The fourth-order valence-electron chi connectivity index (χ4n) is 10.5. The van der Waals surface area contributed by atoms with Crippen LogP contribution in [-0.4, -0.2) is 113 Å². The summed E-state index contributed by atoms with van der Waals surface area (Å²) in [4.78, 5) is 98.1. The number of aliphatic hydroxyl groups is 2. The van der Waals surface area contributed by atoms with Crippen LogP contribution >= 0.6 is 0 Å². The summed E-state index contributed by atoms with van der Waals surface area (Å²) in [6.45, 7) is 9.23. The van der Waals surface area contributed by atoms with Gasteiger partial charge in [-0.1, -0.05) is 80.6 Å². The maximum Gasteiger partial charge on any atom is 0.509 e. The Bertz CT molecular complexity index is 2440. The van der Waals surface area contributed by atoms with Gasteiger partial charge in [0, 0.05) is 37.7 Å². The molecule has 2 bridgehead atoms. The summed E-state index contributed by atoms with van der Waals surface area (Å²) in [5.74, 6) is -7.04. The minimum absolute atomic E-state index is 0.0414. The third-order valence-electron chi connectivity index (χ3n) is 13.9. The largest absolute Gasteiger partial charge is 0.509 e. The lowest BCUT2D eigenvalue weighted by atomic mass is 9.44. The van der Waals surface area contributed by atoms with Crippen LogP contribution in [0.25, 0.3) is 0 Å². The van der Waals surface area contributed by atoms with E-state index in [0.717, 1.165) is 13.8 Å². The number of carbonyl (C=O) groups excluding carboxylic acids is 7. The second-order valence-electron chi connectivity index (χ2n) is 18.1. The van der Waals surface area contributed by atoms with Crippen LogP contribution in [0.3, 0.4) is 0 Å². The number of nitrogens with one attached hydrogen (secondary N) is 1. The fraction of sp³-hybridized carbons (Fsp3) is 0.460. The molecule has 0 aromatic heterocycles. The van der Waals surface area contributed by atoms with Crippen molar-refractivity contribution >= 4 is 41.7 Å². The van der Waals surface area contributed by atoms with Crippen LogP contribution in [0, 0.1) is 16.7 Å². The monoisotopic (exact) mass is 925 g/mol. The number of ketones is 1. The van der Waals surface area contributed by atoms with Crippen molar-refractivity contribution in [3.63, 3.8) is 0 Å². The fourth-order valence-corrected chi connectivity index (χ4v) is 10.5. The summed E-state index contributed by atoms with van der Waals surface area (Å²) >= 11 is 0. The van der Waals surface area contributed by atoms with Gasteiger partial charge in [0.15, 0.2) is 17.5 Å². The molecule has 17 heteroatoms. The number of carbonyl (C=O) groups is 7. The number of esters is 4. The number of rotatable bonds is 12. The van der Waals surface area contributed by atoms with E-state index in [4.69, 9.17) is 33.2 Å². The standard InChI is InChI=1S/C50H55NO16/c1-8-61-46(59)65-39(37(30-18-12-9-13-19-30)51-43(56)31-20-14-10-15-21-31)45(58)64-33-25-50(60)42(66-44(57)32-22-16-11-17-23-32)40-48(7,34(54)24-35-49(40,26-62-35)67-29(4)53)41(55)38(63-28(3)52)36(27(33)2)47(50,5)6/h9-23,33-35,37-40,42,54,60H,8,24-26H2,1-7H3,(H,51,56)/t33?,34-,35?,37?,38+,39?,40?,42?,48+,49?,50+/m0/s1. The zero-order valence-electron chi connectivity index (χ0n) is 38.2. The van der Waals surface area contributed by atoms with Gasteiger partial charge in [-0.2, -0.15) is 0 Å². The first-order chi connectivity index (χ1) is 31.7. The Morgan fingerprint density at radius 2 is 1.43 bits per heavy atom. The first-order valence-corrected chi connectivity index (χ1v) is 22.1. The summed E-state index contributed by atoms with van der Waals surface area (Å²) in [7, 11) is 0. The van der Waals surface area contributed by atoms with E-state index in [-0.39, 0.29) is 41.9 Å². The molecule has 0 radical (unpaired) electrons. The zero-order chi connectivity index (χ0) is 48.6. The third kappa shape index (κ3) is 8.59. The minimum Gasteiger partial charge on any atom is -0.455 e. The molecule has 1 aliphatic heterocycles. The number of hydrogen-bond acceptors (Lipinski definition) is 16. The number of amides is 1. The quantitative estimate of drug-likeness (QED) is 0.124. The predicted octanol–water partition coefficient (Wildman–Crippen LogP) is 4.92. The molecule has 7 unspecified atom stereocenters. The molecule has 3 fully saturated rings. The molecular weight excluding hydrogens is 871 g/mol. The smallest absolute Gasteiger partial charge is 0.455 e. The molecule has 3 aromatic carbocycles. The number of ether oxygens (including phenoxy) is 7. The highest BCUT2D eigenvalue weighted by Crippen LogP contribution is 2.64. The van der Waals surface area contributed by atoms with Gasteiger partial charge in [0.1, 0.15) is 30.0 Å². The minimum atomic E-state index is -2.45. The molecule has 67 heavy (non-hydrogen) atoms.